The van der Waals surface area contributed by atoms with E-state index in [1.807, 2.05) is 149 Å². The lowest BCUT2D eigenvalue weighted by molar-refractivity contribution is 0.0140. The molecule has 0 aromatic heterocycles. The third-order valence-corrected chi connectivity index (χ3v) is 21.2. The van der Waals surface area contributed by atoms with Crippen LogP contribution in [0.15, 0.2) is 146 Å². The molecule has 0 radical (unpaired) electrons. The molecule has 0 unspecified atom stereocenters. The van der Waals surface area contributed by atoms with E-state index in [2.05, 4.69) is 0 Å². The predicted molar refractivity (Wildman–Crippen MR) is 434 cm³/mol. The van der Waals surface area contributed by atoms with Crippen LogP contribution in [0.4, 0.5) is 19.2 Å². The van der Waals surface area contributed by atoms with Crippen molar-refractivity contribution in [3.05, 3.63) is 235 Å². The number of hydrogen-bond donors (Lipinski definition) is 8. The number of benzene rings is 8. The van der Waals surface area contributed by atoms with Crippen molar-refractivity contribution in [2.24, 2.45) is 0 Å². The molecule has 600 valence electrons. The maximum absolute atomic E-state index is 15.1. The zero-order valence-electron chi connectivity index (χ0n) is 68.8. The van der Waals surface area contributed by atoms with Gasteiger partial charge in [0.25, 0.3) is 0 Å². The Balaban J connectivity index is 1.49. The molecule has 9 rings (SSSR count). The number of aromatic hydroxyl groups is 8. The van der Waals surface area contributed by atoms with Gasteiger partial charge in [-0.25, -0.2) is 19.2 Å². The van der Waals surface area contributed by atoms with Crippen LogP contribution in [-0.4, -0.2) is 107 Å². The second kappa shape index (κ2) is 34.5. The first kappa shape index (κ1) is 85.2. The fourth-order valence-electron chi connectivity index (χ4n) is 15.3. The van der Waals surface area contributed by atoms with Gasteiger partial charge in [-0.15, -0.1) is 0 Å². The van der Waals surface area contributed by atoms with E-state index in [-0.39, 0.29) is 92.4 Å². The summed E-state index contributed by atoms with van der Waals surface area (Å²) in [4.78, 5) is 65.9. The highest BCUT2D eigenvalue weighted by molar-refractivity contribution is 5.75. The van der Waals surface area contributed by atoms with E-state index in [1.54, 1.807) is 135 Å². The molecule has 112 heavy (non-hydrogen) atoms. The van der Waals surface area contributed by atoms with Gasteiger partial charge in [-0.1, -0.05) is 149 Å². The summed E-state index contributed by atoms with van der Waals surface area (Å²) in [5.41, 5.74) is -1.24. The van der Waals surface area contributed by atoms with E-state index in [4.69, 9.17) is 18.9 Å². The highest BCUT2D eigenvalue weighted by Crippen LogP contribution is 2.57. The average molecular weight is 1530 g/mol. The van der Waals surface area contributed by atoms with Gasteiger partial charge in [0, 0.05) is 68.2 Å². The maximum Gasteiger partial charge on any atom is 0.411 e. The van der Waals surface area contributed by atoms with Gasteiger partial charge in [0.1, 0.15) is 68.4 Å². The summed E-state index contributed by atoms with van der Waals surface area (Å²) < 4.78 is 24.6. The van der Waals surface area contributed by atoms with Crippen LogP contribution in [0.2, 0.25) is 0 Å². The molecule has 20 heteroatoms. The number of carbonyl (C=O) groups excluding carboxylic acids is 4. The molecular weight excluding hydrogens is 1420 g/mol. The zero-order chi connectivity index (χ0) is 82.5. The Kier molecular flexibility index (Phi) is 26.2. The normalized spacial score (nSPS) is 16.2. The van der Waals surface area contributed by atoms with Crippen molar-refractivity contribution in [2.45, 2.75) is 261 Å². The Bertz CT molecular complexity index is 3960. The molecule has 8 aromatic carbocycles. The SMILES string of the molecule is CCC1c2cc(c(O)c(CN(C(=O)OC(C)(C)C)[C@H](C)c3ccccc3)c2O)C(CC)c2cc(c(O)c(CN(C(=O)OC(C)(C)C)[C@H](C)c3ccccc3)c2O)C(CC)c2cc(c(O)c(CN(C(=O)OC(C)(C)C)[C@H](C)c3ccccc3)c2O)C(CC)c2cc1c(O)c(CN(C(=O)OC(C)(C)C)[C@H](C)c1ccccc1)c2O. The van der Waals surface area contributed by atoms with E-state index >= 15 is 19.2 Å². The Morgan fingerprint density at radius 2 is 0.429 bits per heavy atom. The van der Waals surface area contributed by atoms with Crippen molar-refractivity contribution in [3.63, 3.8) is 0 Å². The summed E-state index contributed by atoms with van der Waals surface area (Å²) in [5, 5.41) is 109. The summed E-state index contributed by atoms with van der Waals surface area (Å²) in [6.07, 6.45) is -2.95. The second-order valence-corrected chi connectivity index (χ2v) is 33.5. The topological polar surface area (TPSA) is 280 Å². The van der Waals surface area contributed by atoms with Crippen LogP contribution >= 0.6 is 0 Å². The molecule has 1 aliphatic rings. The molecule has 8 bridgehead atoms. The number of carbonyl (C=O) groups is 4. The van der Waals surface area contributed by atoms with Gasteiger partial charge >= 0.3 is 24.4 Å². The van der Waals surface area contributed by atoms with Crippen LogP contribution < -0.4 is 0 Å². The van der Waals surface area contributed by atoms with Crippen LogP contribution in [-0.2, 0) is 45.1 Å². The summed E-state index contributed by atoms with van der Waals surface area (Å²) in [5.74, 6) is -8.55. The minimum absolute atomic E-state index is 0.0598. The summed E-state index contributed by atoms with van der Waals surface area (Å²) in [6.45, 7) is 33.2. The van der Waals surface area contributed by atoms with E-state index in [1.165, 1.54) is 19.6 Å². The Labute approximate surface area is 660 Å². The number of rotatable bonds is 20. The van der Waals surface area contributed by atoms with Gasteiger partial charge in [-0.05, 0) is 183 Å². The molecule has 0 aliphatic heterocycles. The van der Waals surface area contributed by atoms with Crippen LogP contribution in [0.3, 0.4) is 0 Å². The predicted octanol–water partition coefficient (Wildman–Crippen LogP) is 21.8. The van der Waals surface area contributed by atoms with Gasteiger partial charge in [0.05, 0.1) is 72.6 Å². The third-order valence-electron chi connectivity index (χ3n) is 21.2. The first-order chi connectivity index (χ1) is 52.5. The van der Waals surface area contributed by atoms with Crippen molar-refractivity contribution in [2.75, 3.05) is 0 Å². The molecule has 0 heterocycles. The van der Waals surface area contributed by atoms with Gasteiger partial charge in [-0.2, -0.15) is 0 Å². The monoisotopic (exact) mass is 1530 g/mol. The molecule has 8 N–H and O–H groups in total. The minimum Gasteiger partial charge on any atom is -0.507 e. The van der Waals surface area contributed by atoms with Crippen LogP contribution in [0.25, 0.3) is 0 Å². The highest BCUT2D eigenvalue weighted by Gasteiger charge is 2.42. The fourth-order valence-corrected chi connectivity index (χ4v) is 15.3. The molecule has 0 fully saturated rings. The average Bonchev–Trinajstić information content (AvgIpc) is 0.734. The van der Waals surface area contributed by atoms with Crippen LogP contribution in [0.1, 0.15) is 301 Å². The molecule has 0 saturated heterocycles. The van der Waals surface area contributed by atoms with Crippen LogP contribution in [0.5, 0.6) is 46.0 Å². The molecule has 0 saturated carbocycles. The smallest absolute Gasteiger partial charge is 0.411 e. The number of phenols is 8. The van der Waals surface area contributed by atoms with Gasteiger partial charge < -0.3 is 59.8 Å². The molecule has 1 aliphatic carbocycles. The maximum atomic E-state index is 15.1. The number of hydrogen-bond acceptors (Lipinski definition) is 16. The number of fused-ring (bicyclic) bond motifs is 8. The zero-order valence-corrected chi connectivity index (χ0v) is 68.8. The largest absolute Gasteiger partial charge is 0.507 e. The molecule has 4 atom stereocenters. The second-order valence-electron chi connectivity index (χ2n) is 33.5. The number of nitrogens with zero attached hydrogens (tertiary/aromatic N) is 4. The Hall–Kier alpha value is -10.8. The van der Waals surface area contributed by atoms with Crippen molar-refractivity contribution >= 4 is 24.4 Å². The summed E-state index contributed by atoms with van der Waals surface area (Å²) in [7, 11) is 0. The van der Waals surface area contributed by atoms with E-state index in [9.17, 15) is 40.9 Å². The van der Waals surface area contributed by atoms with E-state index in [0.29, 0.717) is 22.3 Å². The van der Waals surface area contributed by atoms with Gasteiger partial charge in [0.15, 0.2) is 0 Å². The van der Waals surface area contributed by atoms with Crippen molar-refractivity contribution in [1.82, 2.24) is 19.6 Å². The first-order valence-corrected chi connectivity index (χ1v) is 39.0. The molecular formula is C92H116N4O16. The molecule has 20 nitrogen and oxygen atoms in total. The van der Waals surface area contributed by atoms with E-state index < -0.39 is 167 Å². The standard InChI is InChI=1S/C92H116N4O16/c1-21-61-65-45-67(79(99)73(77(65)97)49-93(85(105)109-89(9,10)11)53(5)57-37-29-25-30-38-57)62(22-2)69-47-71(83(103)75(81(69)101)51-95(87(107)111-91(15,16)17)55(7)59-41-33-27-34-42-59)64(24-4)72-48-70(82(102)76(84(72)104)52-96(88(108)112-92(18,19)20)56(8)60-43-35-28-36-44-60)63(23-3)68-46-66(61)78(98)74(80(68)100)50-94(86(106)110-90(12,13)14)54(6)58-39-31-26-32-40-58/h25-48,53-56,61-64,97-104H,21-24,49-52H2,1-20H3/t53-,54-,55-,56-,61?,62?,63?,64?/m1/s1. The number of phenolic OH excluding ortho intramolecular Hbond substituents is 8. The minimum atomic E-state index is -1.14. The quantitative estimate of drug-likeness (QED) is 0.0329. The van der Waals surface area contributed by atoms with Gasteiger partial charge in [-0.3, -0.25) is 19.6 Å². The molecule has 4 amide bonds. The lowest BCUT2D eigenvalue weighted by atomic mass is 9.75. The third kappa shape index (κ3) is 18.9. The number of amides is 4. The van der Waals surface area contributed by atoms with Crippen molar-refractivity contribution in [1.29, 1.82) is 0 Å². The fraction of sp³-hybridized carbons (Fsp3) is 0.435. The Morgan fingerprint density at radius 3 is 0.554 bits per heavy atom. The summed E-state index contributed by atoms with van der Waals surface area (Å²) >= 11 is 0. The lowest BCUT2D eigenvalue weighted by Crippen LogP contribution is -2.38. The Morgan fingerprint density at radius 1 is 0.286 bits per heavy atom. The lowest BCUT2D eigenvalue weighted by Gasteiger charge is -2.35. The summed E-state index contributed by atoms with van der Waals surface area (Å²) in [6, 6.07) is 40.0. The van der Waals surface area contributed by atoms with Crippen LogP contribution in [0, 0.1) is 0 Å². The number of ether oxygens (including phenoxy) is 4. The van der Waals surface area contributed by atoms with Crippen molar-refractivity contribution < 1.29 is 79.0 Å². The van der Waals surface area contributed by atoms with Crippen molar-refractivity contribution in [3.8, 4) is 46.0 Å². The molecule has 8 aromatic rings. The van der Waals surface area contributed by atoms with E-state index in [0.717, 1.165) is 0 Å². The molecule has 0 spiro atoms. The first-order valence-electron chi connectivity index (χ1n) is 39.0. The highest BCUT2D eigenvalue weighted by atomic mass is 16.6. The van der Waals surface area contributed by atoms with Gasteiger partial charge in [0.2, 0.25) is 0 Å².